The summed E-state index contributed by atoms with van der Waals surface area (Å²) in [5, 5.41) is 18.2. The van der Waals surface area contributed by atoms with Gasteiger partial charge < -0.3 is 14.9 Å². The van der Waals surface area contributed by atoms with Gasteiger partial charge in [-0.05, 0) is 36.4 Å². The number of aromatic carboxylic acids is 1. The molecule has 23 heavy (non-hydrogen) atoms. The standard InChI is InChI=1S/C15H13NO6S/c1-22-14-8-12(17)5-2-11(14)9-16-23(20,21)13-6-3-10(4-7-13)15(18)19/h2-9,17H,1H3,(H,18,19). The fourth-order valence-corrected chi connectivity index (χ4v) is 2.62. The number of hydrogen-bond acceptors (Lipinski definition) is 5. The fourth-order valence-electron chi connectivity index (χ4n) is 1.76. The van der Waals surface area contributed by atoms with Gasteiger partial charge in [0.25, 0.3) is 10.0 Å². The highest BCUT2D eigenvalue weighted by atomic mass is 32.2. The first-order chi connectivity index (χ1) is 10.8. The SMILES string of the molecule is COc1cc(O)ccc1C=NS(=O)(=O)c1ccc(C(=O)O)cc1. The van der Waals surface area contributed by atoms with Crippen LogP contribution in [0, 0.1) is 0 Å². The normalized spacial score (nSPS) is 11.5. The molecule has 0 unspecified atom stereocenters. The van der Waals surface area contributed by atoms with Crippen molar-refractivity contribution in [1.82, 2.24) is 0 Å². The van der Waals surface area contributed by atoms with Crippen molar-refractivity contribution >= 4 is 22.2 Å². The van der Waals surface area contributed by atoms with E-state index in [4.69, 9.17) is 9.84 Å². The molecule has 0 atom stereocenters. The molecule has 0 aliphatic carbocycles. The van der Waals surface area contributed by atoms with E-state index in [-0.39, 0.29) is 22.0 Å². The largest absolute Gasteiger partial charge is 0.508 e. The summed E-state index contributed by atoms with van der Waals surface area (Å²) in [6, 6.07) is 8.88. The van der Waals surface area contributed by atoms with E-state index >= 15 is 0 Å². The van der Waals surface area contributed by atoms with Crippen LogP contribution >= 0.6 is 0 Å². The minimum Gasteiger partial charge on any atom is -0.508 e. The van der Waals surface area contributed by atoms with E-state index in [0.29, 0.717) is 5.56 Å². The molecule has 0 fully saturated rings. The molecule has 2 aromatic carbocycles. The quantitative estimate of drug-likeness (QED) is 0.807. The molecular formula is C15H13NO6S. The lowest BCUT2D eigenvalue weighted by atomic mass is 10.2. The number of nitrogens with zero attached hydrogens (tertiary/aromatic N) is 1. The topological polar surface area (TPSA) is 113 Å². The summed E-state index contributed by atoms with van der Waals surface area (Å²) < 4.78 is 32.8. The van der Waals surface area contributed by atoms with E-state index < -0.39 is 16.0 Å². The van der Waals surface area contributed by atoms with Crippen molar-refractivity contribution in [3.63, 3.8) is 0 Å². The highest BCUT2D eigenvalue weighted by molar-refractivity contribution is 7.90. The molecule has 0 aromatic heterocycles. The number of phenols is 1. The molecule has 0 bridgehead atoms. The van der Waals surface area contributed by atoms with Crippen LogP contribution in [0.15, 0.2) is 51.8 Å². The Bertz CT molecular complexity index is 856. The third-order valence-electron chi connectivity index (χ3n) is 2.95. The van der Waals surface area contributed by atoms with Crippen LogP contribution in [0.25, 0.3) is 0 Å². The molecule has 0 saturated heterocycles. The van der Waals surface area contributed by atoms with Crippen LogP contribution < -0.4 is 4.74 Å². The van der Waals surface area contributed by atoms with Crippen LogP contribution in [-0.4, -0.2) is 37.9 Å². The number of carboxylic acids is 1. The Balaban J connectivity index is 2.32. The molecule has 7 nitrogen and oxygen atoms in total. The van der Waals surface area contributed by atoms with E-state index in [2.05, 4.69) is 4.40 Å². The van der Waals surface area contributed by atoms with Crippen LogP contribution in [0.3, 0.4) is 0 Å². The smallest absolute Gasteiger partial charge is 0.335 e. The van der Waals surface area contributed by atoms with E-state index in [0.717, 1.165) is 6.21 Å². The van der Waals surface area contributed by atoms with Gasteiger partial charge in [-0.3, -0.25) is 0 Å². The first-order valence-corrected chi connectivity index (χ1v) is 7.78. The second-order valence-corrected chi connectivity index (χ2v) is 6.10. The van der Waals surface area contributed by atoms with Crippen molar-refractivity contribution in [3.8, 4) is 11.5 Å². The molecule has 2 N–H and O–H groups in total. The third kappa shape index (κ3) is 3.86. The molecule has 120 valence electrons. The number of phenolic OH excluding ortho intramolecular Hbond substituents is 1. The molecule has 0 spiro atoms. The van der Waals surface area contributed by atoms with Gasteiger partial charge in [0.1, 0.15) is 11.5 Å². The van der Waals surface area contributed by atoms with Gasteiger partial charge in [-0.1, -0.05) is 0 Å². The summed E-state index contributed by atoms with van der Waals surface area (Å²) in [5.74, 6) is -0.900. The van der Waals surface area contributed by atoms with E-state index in [1.54, 1.807) is 0 Å². The minimum absolute atomic E-state index is 0.0202. The Morgan fingerprint density at radius 1 is 1.17 bits per heavy atom. The highest BCUT2D eigenvalue weighted by Crippen LogP contribution is 2.23. The number of methoxy groups -OCH3 is 1. The Labute approximate surface area is 132 Å². The molecule has 0 saturated carbocycles. The van der Waals surface area contributed by atoms with Crippen LogP contribution in [0.4, 0.5) is 0 Å². The van der Waals surface area contributed by atoms with E-state index in [1.165, 1.54) is 49.6 Å². The molecule has 0 radical (unpaired) electrons. The van der Waals surface area contributed by atoms with Gasteiger partial charge in [-0.2, -0.15) is 12.8 Å². The monoisotopic (exact) mass is 335 g/mol. The zero-order chi connectivity index (χ0) is 17.0. The summed E-state index contributed by atoms with van der Waals surface area (Å²) in [6.07, 6.45) is 1.10. The number of aromatic hydroxyl groups is 1. The van der Waals surface area contributed by atoms with E-state index in [9.17, 15) is 18.3 Å². The molecule has 0 aliphatic rings. The summed E-state index contributed by atoms with van der Waals surface area (Å²) in [5.41, 5.74) is 0.351. The summed E-state index contributed by atoms with van der Waals surface area (Å²) >= 11 is 0. The number of ether oxygens (including phenoxy) is 1. The molecular weight excluding hydrogens is 322 g/mol. The molecule has 0 aliphatic heterocycles. The summed E-state index contributed by atoms with van der Waals surface area (Å²) in [6.45, 7) is 0. The van der Waals surface area contributed by atoms with Gasteiger partial charge in [0.05, 0.1) is 23.8 Å². The van der Waals surface area contributed by atoms with Gasteiger partial charge in [0.15, 0.2) is 0 Å². The average Bonchev–Trinajstić information content (AvgIpc) is 2.53. The Morgan fingerprint density at radius 3 is 2.39 bits per heavy atom. The zero-order valence-electron chi connectivity index (χ0n) is 12.0. The molecule has 0 heterocycles. The number of carboxylic acid groups (broad SMARTS) is 1. The number of sulfonamides is 1. The molecule has 0 amide bonds. The van der Waals surface area contributed by atoms with Crippen molar-refractivity contribution < 1.29 is 28.2 Å². The lowest BCUT2D eigenvalue weighted by molar-refractivity contribution is 0.0696. The second kappa shape index (κ2) is 6.49. The van der Waals surface area contributed by atoms with Crippen molar-refractivity contribution in [1.29, 1.82) is 0 Å². The highest BCUT2D eigenvalue weighted by Gasteiger charge is 2.13. The Kier molecular flexibility index (Phi) is 4.65. The maximum Gasteiger partial charge on any atom is 0.335 e. The lowest BCUT2D eigenvalue weighted by Gasteiger charge is -2.04. The first kappa shape index (κ1) is 16.5. The predicted molar refractivity (Wildman–Crippen MR) is 82.8 cm³/mol. The minimum atomic E-state index is -3.98. The summed E-state index contributed by atoms with van der Waals surface area (Å²) in [4.78, 5) is 10.6. The second-order valence-electron chi connectivity index (χ2n) is 4.47. The van der Waals surface area contributed by atoms with Crippen LogP contribution in [0.5, 0.6) is 11.5 Å². The van der Waals surface area contributed by atoms with Crippen molar-refractivity contribution in [3.05, 3.63) is 53.6 Å². The van der Waals surface area contributed by atoms with Crippen molar-refractivity contribution in [2.24, 2.45) is 4.40 Å². The van der Waals surface area contributed by atoms with Gasteiger partial charge in [-0.15, -0.1) is 0 Å². The molecule has 8 heteroatoms. The zero-order valence-corrected chi connectivity index (χ0v) is 12.8. The average molecular weight is 335 g/mol. The number of hydrogen-bond donors (Lipinski definition) is 2. The third-order valence-corrected chi connectivity index (χ3v) is 4.20. The van der Waals surface area contributed by atoms with Gasteiger partial charge >= 0.3 is 5.97 Å². The molecule has 2 rings (SSSR count). The maximum atomic E-state index is 12.1. The Hall–Kier alpha value is -2.87. The van der Waals surface area contributed by atoms with Gasteiger partial charge in [0.2, 0.25) is 0 Å². The van der Waals surface area contributed by atoms with Crippen molar-refractivity contribution in [2.45, 2.75) is 4.90 Å². The fraction of sp³-hybridized carbons (Fsp3) is 0.0667. The molecule has 2 aromatic rings. The van der Waals surface area contributed by atoms with Crippen LogP contribution in [0.2, 0.25) is 0 Å². The predicted octanol–water partition coefficient (Wildman–Crippen LogP) is 1.91. The lowest BCUT2D eigenvalue weighted by Crippen LogP contribution is -2.01. The number of carbonyl (C=O) groups is 1. The van der Waals surface area contributed by atoms with Gasteiger partial charge in [0, 0.05) is 11.6 Å². The number of rotatable bonds is 5. The van der Waals surface area contributed by atoms with Crippen LogP contribution in [-0.2, 0) is 10.0 Å². The van der Waals surface area contributed by atoms with E-state index in [1.807, 2.05) is 0 Å². The first-order valence-electron chi connectivity index (χ1n) is 6.34. The maximum absolute atomic E-state index is 12.1. The Morgan fingerprint density at radius 2 is 1.83 bits per heavy atom. The number of benzene rings is 2. The van der Waals surface area contributed by atoms with Crippen molar-refractivity contribution in [2.75, 3.05) is 7.11 Å². The van der Waals surface area contributed by atoms with Gasteiger partial charge in [-0.25, -0.2) is 4.79 Å². The summed E-state index contributed by atoms with van der Waals surface area (Å²) in [7, 11) is -2.60. The van der Waals surface area contributed by atoms with Crippen LogP contribution in [0.1, 0.15) is 15.9 Å².